The van der Waals surface area contributed by atoms with Crippen molar-refractivity contribution in [1.82, 2.24) is 4.98 Å². The summed E-state index contributed by atoms with van der Waals surface area (Å²) in [5.41, 5.74) is 2.14. The summed E-state index contributed by atoms with van der Waals surface area (Å²) in [5.74, 6) is -1.06. The van der Waals surface area contributed by atoms with Crippen molar-refractivity contribution in [2.24, 2.45) is 0 Å². The van der Waals surface area contributed by atoms with E-state index in [2.05, 4.69) is 4.98 Å². The van der Waals surface area contributed by atoms with E-state index in [0.29, 0.717) is 22.4 Å². The second-order valence-corrected chi connectivity index (χ2v) is 6.07. The number of ketones is 2. The van der Waals surface area contributed by atoms with Gasteiger partial charge in [-0.15, -0.1) is 0 Å². The van der Waals surface area contributed by atoms with Gasteiger partial charge in [0.05, 0.1) is 11.3 Å². The number of H-pyrrole nitrogens is 1. The summed E-state index contributed by atoms with van der Waals surface area (Å²) in [6.07, 6.45) is -1.05. The van der Waals surface area contributed by atoms with Gasteiger partial charge in [-0.25, -0.2) is 4.79 Å². The number of ether oxygens (including phenoxy) is 2. The highest BCUT2D eigenvalue weighted by Gasteiger charge is 2.26. The van der Waals surface area contributed by atoms with Crippen LogP contribution < -0.4 is 4.74 Å². The smallest absolute Gasteiger partial charge is 0.344 e. The van der Waals surface area contributed by atoms with E-state index >= 15 is 0 Å². The van der Waals surface area contributed by atoms with Gasteiger partial charge in [-0.3, -0.25) is 9.59 Å². The molecular weight excluding hydrogens is 348 g/mol. The predicted molar refractivity (Wildman–Crippen MR) is 96.8 cm³/mol. The fraction of sp³-hybridized carbons (Fsp3) is 0.300. The molecule has 0 aliphatic heterocycles. The molecule has 140 valence electrons. The Morgan fingerprint density at radius 2 is 1.89 bits per heavy atom. The minimum absolute atomic E-state index is 0.144. The number of benzene rings is 1. The second-order valence-electron chi connectivity index (χ2n) is 6.07. The molecule has 1 aromatic carbocycles. The van der Waals surface area contributed by atoms with Crippen LogP contribution in [0.25, 0.3) is 0 Å². The molecule has 1 N–H and O–H groups in total. The molecule has 0 radical (unpaired) electrons. The minimum Gasteiger partial charge on any atom is -0.481 e. The van der Waals surface area contributed by atoms with Crippen LogP contribution in [0.4, 0.5) is 0 Å². The minimum atomic E-state index is -1.05. The first-order valence-electron chi connectivity index (χ1n) is 8.32. The summed E-state index contributed by atoms with van der Waals surface area (Å²) in [5, 5.41) is 9.00. The third kappa shape index (κ3) is 4.42. The zero-order chi connectivity index (χ0) is 20.1. The number of aromatic nitrogens is 1. The van der Waals surface area contributed by atoms with Gasteiger partial charge in [0.1, 0.15) is 11.8 Å². The van der Waals surface area contributed by atoms with Crippen molar-refractivity contribution in [3.8, 4) is 11.8 Å². The number of esters is 1. The van der Waals surface area contributed by atoms with Gasteiger partial charge in [-0.2, -0.15) is 5.26 Å². The maximum atomic E-state index is 12.6. The van der Waals surface area contributed by atoms with E-state index in [-0.39, 0.29) is 17.2 Å². The number of para-hydroxylation sites is 1. The molecule has 0 aliphatic rings. The van der Waals surface area contributed by atoms with Crippen LogP contribution in [0, 0.1) is 25.2 Å². The molecule has 1 heterocycles. The maximum absolute atomic E-state index is 12.6. The Kier molecular flexibility index (Phi) is 6.14. The van der Waals surface area contributed by atoms with E-state index in [1.54, 1.807) is 38.1 Å². The number of carbonyl (C=O) groups is 3. The number of aryl methyl sites for hydroxylation is 1. The van der Waals surface area contributed by atoms with E-state index in [1.165, 1.54) is 13.8 Å². The first-order valence-corrected chi connectivity index (χ1v) is 8.32. The topological polar surface area (TPSA) is 109 Å². The quantitative estimate of drug-likeness (QED) is 0.594. The molecule has 7 nitrogen and oxygen atoms in total. The molecule has 0 spiro atoms. The number of Topliss-reactive ketones (excluding diaryl/α,β-unsaturated/α-hetero) is 2. The molecule has 0 saturated carbocycles. The molecule has 0 unspecified atom stereocenters. The number of hydrogen-bond donors (Lipinski definition) is 1. The van der Waals surface area contributed by atoms with E-state index in [1.807, 2.05) is 6.07 Å². The summed E-state index contributed by atoms with van der Waals surface area (Å²) in [6.45, 7) is 5.82. The summed E-state index contributed by atoms with van der Waals surface area (Å²) in [6, 6.07) is 8.45. The van der Waals surface area contributed by atoms with Crippen LogP contribution in [0.15, 0.2) is 24.3 Å². The lowest BCUT2D eigenvalue weighted by Gasteiger charge is -2.13. The van der Waals surface area contributed by atoms with E-state index in [4.69, 9.17) is 14.7 Å². The normalized spacial score (nSPS) is 11.4. The van der Waals surface area contributed by atoms with Crippen LogP contribution >= 0.6 is 0 Å². The van der Waals surface area contributed by atoms with E-state index < -0.39 is 24.5 Å². The highest BCUT2D eigenvalue weighted by molar-refractivity contribution is 6.05. The fourth-order valence-corrected chi connectivity index (χ4v) is 2.83. The van der Waals surface area contributed by atoms with Crippen LogP contribution in [-0.4, -0.2) is 35.2 Å². The lowest BCUT2D eigenvalue weighted by molar-refractivity contribution is -0.148. The molecule has 2 aromatic rings. The van der Waals surface area contributed by atoms with Gasteiger partial charge in [-0.05, 0) is 45.4 Å². The van der Waals surface area contributed by atoms with Crippen LogP contribution in [0.2, 0.25) is 0 Å². The Morgan fingerprint density at radius 3 is 2.48 bits per heavy atom. The monoisotopic (exact) mass is 368 g/mol. The molecule has 2 rings (SSSR count). The number of hydrogen-bond acceptors (Lipinski definition) is 6. The molecule has 7 heteroatoms. The molecule has 0 bridgehead atoms. The second kappa shape index (κ2) is 8.32. The van der Waals surface area contributed by atoms with Crippen molar-refractivity contribution < 1.29 is 23.9 Å². The molecule has 1 atom stereocenters. The van der Waals surface area contributed by atoms with Crippen molar-refractivity contribution in [3.05, 3.63) is 52.3 Å². The molecule has 0 amide bonds. The predicted octanol–water partition coefficient (Wildman–Crippen LogP) is 2.90. The Balaban J connectivity index is 2.02. The Hall–Kier alpha value is -3.40. The first kappa shape index (κ1) is 19.9. The zero-order valence-corrected chi connectivity index (χ0v) is 15.6. The van der Waals surface area contributed by atoms with E-state index in [9.17, 15) is 14.4 Å². The first-order chi connectivity index (χ1) is 12.8. The largest absolute Gasteiger partial charge is 0.481 e. The van der Waals surface area contributed by atoms with E-state index in [0.717, 1.165) is 0 Å². The van der Waals surface area contributed by atoms with Crippen LogP contribution in [0.5, 0.6) is 5.75 Å². The Labute approximate surface area is 156 Å². The van der Waals surface area contributed by atoms with Crippen molar-refractivity contribution in [2.45, 2.75) is 33.8 Å². The molecule has 0 fully saturated rings. The standard InChI is InChI=1S/C20H20N2O5/c1-11-18(13(3)23)12(2)22-19(11)20(25)14(4)27-17(24)10-26-16-8-6-5-7-15(16)9-21/h5-8,14,22H,10H2,1-4H3/t14-/m1/s1. The van der Waals surface area contributed by atoms with Gasteiger partial charge < -0.3 is 14.5 Å². The molecule has 1 aromatic heterocycles. The maximum Gasteiger partial charge on any atom is 0.344 e. The number of nitriles is 1. The van der Waals surface area contributed by atoms with Crippen molar-refractivity contribution in [2.75, 3.05) is 6.61 Å². The van der Waals surface area contributed by atoms with Gasteiger partial charge in [0.25, 0.3) is 0 Å². The number of rotatable bonds is 7. The zero-order valence-electron chi connectivity index (χ0n) is 15.6. The average Bonchev–Trinajstić information content (AvgIpc) is 2.93. The van der Waals surface area contributed by atoms with Crippen LogP contribution in [-0.2, 0) is 9.53 Å². The summed E-state index contributed by atoms with van der Waals surface area (Å²) >= 11 is 0. The third-order valence-electron chi connectivity index (χ3n) is 4.07. The average molecular weight is 368 g/mol. The number of aromatic amines is 1. The van der Waals surface area contributed by atoms with Crippen molar-refractivity contribution >= 4 is 17.5 Å². The molecular formula is C20H20N2O5. The lowest BCUT2D eigenvalue weighted by atomic mass is 10.0. The van der Waals surface area contributed by atoms with Crippen LogP contribution in [0.3, 0.4) is 0 Å². The Morgan fingerprint density at radius 1 is 1.22 bits per heavy atom. The highest BCUT2D eigenvalue weighted by atomic mass is 16.6. The summed E-state index contributed by atoms with van der Waals surface area (Å²) < 4.78 is 10.4. The number of carbonyl (C=O) groups excluding carboxylic acids is 3. The van der Waals surface area contributed by atoms with Crippen LogP contribution in [0.1, 0.15) is 51.5 Å². The summed E-state index contributed by atoms with van der Waals surface area (Å²) in [4.78, 5) is 39.1. The highest BCUT2D eigenvalue weighted by Crippen LogP contribution is 2.21. The van der Waals surface area contributed by atoms with Crippen molar-refractivity contribution in [1.29, 1.82) is 5.26 Å². The Bertz CT molecular complexity index is 936. The van der Waals surface area contributed by atoms with Crippen molar-refractivity contribution in [3.63, 3.8) is 0 Å². The summed E-state index contributed by atoms with van der Waals surface area (Å²) in [7, 11) is 0. The van der Waals surface area contributed by atoms with Gasteiger partial charge in [0.2, 0.25) is 5.78 Å². The number of nitrogens with one attached hydrogen (secondary N) is 1. The van der Waals surface area contributed by atoms with Gasteiger partial charge in [-0.1, -0.05) is 12.1 Å². The SMILES string of the molecule is CC(=O)c1c(C)[nH]c(C(=O)[C@@H](C)OC(=O)COc2ccccc2C#N)c1C. The third-order valence-corrected chi connectivity index (χ3v) is 4.07. The molecule has 27 heavy (non-hydrogen) atoms. The molecule has 0 saturated heterocycles. The van der Waals surface area contributed by atoms with Gasteiger partial charge in [0.15, 0.2) is 18.5 Å². The van der Waals surface area contributed by atoms with Gasteiger partial charge in [0, 0.05) is 11.3 Å². The molecule has 0 aliphatic carbocycles. The fourth-order valence-electron chi connectivity index (χ4n) is 2.83. The number of nitrogens with zero attached hydrogens (tertiary/aromatic N) is 1. The van der Waals surface area contributed by atoms with Gasteiger partial charge >= 0.3 is 5.97 Å². The lowest BCUT2D eigenvalue weighted by Crippen LogP contribution is -2.28.